The van der Waals surface area contributed by atoms with E-state index < -0.39 is 11.9 Å². The normalized spacial score (nSPS) is 19.0. The van der Waals surface area contributed by atoms with Crippen molar-refractivity contribution in [2.24, 2.45) is 0 Å². The molecule has 1 fully saturated rings. The topological polar surface area (TPSA) is 67.8 Å². The number of ether oxygens (including phenoxy) is 2. The van der Waals surface area contributed by atoms with Gasteiger partial charge >= 0.3 is 5.97 Å². The number of benzene rings is 2. The summed E-state index contributed by atoms with van der Waals surface area (Å²) in [6.07, 6.45) is 0. The average Bonchev–Trinajstić information content (AvgIpc) is 2.72. The van der Waals surface area contributed by atoms with Crippen molar-refractivity contribution in [3.05, 3.63) is 53.1 Å². The van der Waals surface area contributed by atoms with Gasteiger partial charge in [0.25, 0.3) is 0 Å². The van der Waals surface area contributed by atoms with E-state index in [1.807, 2.05) is 36.4 Å². The number of carbonyl (C=O) groups is 1. The van der Waals surface area contributed by atoms with Gasteiger partial charge in [-0.15, -0.1) is 0 Å². The monoisotopic (exact) mass is 403 g/mol. The van der Waals surface area contributed by atoms with E-state index in [4.69, 9.17) is 21.1 Å². The Kier molecular flexibility index (Phi) is 5.44. The van der Waals surface area contributed by atoms with E-state index in [1.165, 1.54) is 0 Å². The molecule has 2 aromatic rings. The van der Waals surface area contributed by atoms with Gasteiger partial charge in [0.2, 0.25) is 5.75 Å². The fourth-order valence-corrected chi connectivity index (χ4v) is 4.36. The first-order valence-corrected chi connectivity index (χ1v) is 9.91. The number of carboxylic acids is 1. The highest BCUT2D eigenvalue weighted by atomic mass is 35.5. The molecule has 1 saturated heterocycles. The van der Waals surface area contributed by atoms with Crippen molar-refractivity contribution < 1.29 is 19.4 Å². The number of nitrogens with one attached hydrogen (secondary N) is 1. The molecule has 0 saturated carbocycles. The molecule has 2 aliphatic rings. The lowest BCUT2D eigenvalue weighted by Crippen LogP contribution is -2.62. The summed E-state index contributed by atoms with van der Waals surface area (Å²) in [5.41, 5.74) is 1.71. The molecule has 2 N–H and O–H groups in total. The van der Waals surface area contributed by atoms with Crippen LogP contribution in [0.3, 0.4) is 0 Å². The number of hydrogen-bond acceptors (Lipinski definition) is 4. The van der Waals surface area contributed by atoms with Crippen molar-refractivity contribution in [3.63, 3.8) is 0 Å². The molecule has 28 heavy (non-hydrogen) atoms. The summed E-state index contributed by atoms with van der Waals surface area (Å²) < 4.78 is 12.2. The van der Waals surface area contributed by atoms with E-state index in [0.29, 0.717) is 40.8 Å². The smallest absolute Gasteiger partial charge is 0.316 e. The van der Waals surface area contributed by atoms with Crippen LogP contribution in [0.5, 0.6) is 11.5 Å². The molecule has 0 spiro atoms. The maximum atomic E-state index is 12.2. The molecule has 0 bridgehead atoms. The molecule has 148 valence electrons. The maximum absolute atomic E-state index is 12.2. The van der Waals surface area contributed by atoms with Crippen molar-refractivity contribution in [1.29, 1.82) is 0 Å². The second-order valence-corrected chi connectivity index (χ2v) is 7.71. The quantitative estimate of drug-likeness (QED) is 0.751. The Balaban J connectivity index is 1.80. The highest BCUT2D eigenvalue weighted by Gasteiger charge is 2.42. The van der Waals surface area contributed by atoms with Crippen molar-refractivity contribution in [3.8, 4) is 11.5 Å². The highest BCUT2D eigenvalue weighted by Crippen LogP contribution is 2.46. The van der Waals surface area contributed by atoms with Gasteiger partial charge < -0.3 is 19.9 Å². The van der Waals surface area contributed by atoms with Crippen molar-refractivity contribution in [2.75, 3.05) is 45.9 Å². The molecule has 7 heteroatoms. The molecule has 2 aliphatic heterocycles. The number of aliphatic carboxylic acids is 1. The minimum absolute atomic E-state index is 0.428. The molecular formula is C21H24ClN2O4+. The number of halogens is 1. The minimum Gasteiger partial charge on any atom is -0.486 e. The van der Waals surface area contributed by atoms with Gasteiger partial charge in [0, 0.05) is 25.2 Å². The molecular weight excluding hydrogens is 380 g/mol. The molecule has 6 nitrogen and oxygen atoms in total. The lowest BCUT2D eigenvalue weighted by molar-refractivity contribution is -0.139. The summed E-state index contributed by atoms with van der Waals surface area (Å²) in [7, 11) is 0. The number of nitrogens with zero attached hydrogens (tertiary/aromatic N) is 1. The molecule has 1 unspecified atom stereocenters. The van der Waals surface area contributed by atoms with Gasteiger partial charge in [0.1, 0.15) is 25.7 Å². The molecule has 1 atom stereocenters. The number of carboxylic acid groups (broad SMARTS) is 1. The van der Waals surface area contributed by atoms with E-state index in [2.05, 4.69) is 5.32 Å². The van der Waals surface area contributed by atoms with Crippen LogP contribution in [0.2, 0.25) is 5.02 Å². The summed E-state index contributed by atoms with van der Waals surface area (Å²) in [6.45, 7) is 4.49. The summed E-state index contributed by atoms with van der Waals surface area (Å²) in [4.78, 5) is 12.2. The van der Waals surface area contributed by atoms with Gasteiger partial charge in [0.05, 0.1) is 18.1 Å². The zero-order valence-corrected chi connectivity index (χ0v) is 16.3. The lowest BCUT2D eigenvalue weighted by Gasteiger charge is -2.43. The van der Waals surface area contributed by atoms with Crippen LogP contribution < -0.4 is 19.3 Å². The summed E-state index contributed by atoms with van der Waals surface area (Å²) in [5, 5.41) is 14.0. The van der Waals surface area contributed by atoms with Crippen LogP contribution in [0.15, 0.2) is 42.5 Å². The Morgan fingerprint density at radius 2 is 1.86 bits per heavy atom. The van der Waals surface area contributed by atoms with Gasteiger partial charge in [-0.25, -0.2) is 0 Å². The maximum Gasteiger partial charge on any atom is 0.316 e. The lowest BCUT2D eigenvalue weighted by atomic mass is 9.96. The van der Waals surface area contributed by atoms with Gasteiger partial charge in [0.15, 0.2) is 11.4 Å². The molecule has 0 radical (unpaired) electrons. The van der Waals surface area contributed by atoms with Gasteiger partial charge in [-0.3, -0.25) is 9.28 Å². The van der Waals surface area contributed by atoms with E-state index in [0.717, 1.165) is 37.4 Å². The SMILES string of the molecule is O=C(O)C(C[N+]1(c2cc(Cl)cc3c2OCCO3)CCNCC1)c1ccccc1. The van der Waals surface area contributed by atoms with Crippen LogP contribution in [0.1, 0.15) is 11.5 Å². The summed E-state index contributed by atoms with van der Waals surface area (Å²) in [5.74, 6) is -0.125. The van der Waals surface area contributed by atoms with Crippen molar-refractivity contribution in [1.82, 2.24) is 9.80 Å². The van der Waals surface area contributed by atoms with Crippen molar-refractivity contribution >= 4 is 23.3 Å². The standard InChI is InChI=1S/C21H23ClN2O4/c22-16-12-18(20-19(13-16)27-10-11-28-20)24(8-6-23-7-9-24)14-17(21(25)26)15-4-2-1-3-5-15/h1-5,12-13,17,23H,6-11,14H2/p+1. The number of piperazine rings is 1. The minimum atomic E-state index is -0.824. The summed E-state index contributed by atoms with van der Waals surface area (Å²) >= 11 is 6.40. The first kappa shape index (κ1) is 19.1. The molecule has 2 heterocycles. The Hall–Kier alpha value is -2.28. The van der Waals surface area contributed by atoms with Gasteiger partial charge in [-0.2, -0.15) is 0 Å². The fraction of sp³-hybridized carbons (Fsp3) is 0.381. The third-order valence-corrected chi connectivity index (χ3v) is 5.78. The Bertz CT molecular complexity index is 853. The van der Waals surface area contributed by atoms with E-state index in [9.17, 15) is 9.90 Å². The number of quaternary nitrogens is 1. The van der Waals surface area contributed by atoms with E-state index in [-0.39, 0.29) is 0 Å². The van der Waals surface area contributed by atoms with Gasteiger partial charge in [-0.1, -0.05) is 41.9 Å². The molecule has 2 aromatic carbocycles. The van der Waals surface area contributed by atoms with Crippen LogP contribution in [-0.4, -0.2) is 57.0 Å². The Morgan fingerprint density at radius 3 is 2.57 bits per heavy atom. The van der Waals surface area contributed by atoms with Crippen LogP contribution >= 0.6 is 11.6 Å². The largest absolute Gasteiger partial charge is 0.486 e. The third kappa shape index (κ3) is 3.68. The number of fused-ring (bicyclic) bond motifs is 1. The second kappa shape index (κ2) is 7.99. The van der Waals surface area contributed by atoms with Crippen LogP contribution in [0.25, 0.3) is 0 Å². The molecule has 0 aliphatic carbocycles. The van der Waals surface area contributed by atoms with E-state index >= 15 is 0 Å². The Labute approximate surface area is 169 Å². The van der Waals surface area contributed by atoms with Crippen LogP contribution in [0, 0.1) is 0 Å². The van der Waals surface area contributed by atoms with Crippen molar-refractivity contribution in [2.45, 2.75) is 5.92 Å². The zero-order valence-electron chi connectivity index (χ0n) is 15.6. The Morgan fingerprint density at radius 1 is 1.14 bits per heavy atom. The van der Waals surface area contributed by atoms with Crippen LogP contribution in [0.4, 0.5) is 5.69 Å². The van der Waals surface area contributed by atoms with E-state index in [1.54, 1.807) is 6.07 Å². The predicted octanol–water partition coefficient (Wildman–Crippen LogP) is 2.89. The molecule has 0 amide bonds. The number of rotatable bonds is 5. The predicted molar refractivity (Wildman–Crippen MR) is 109 cm³/mol. The molecule has 4 rings (SSSR count). The number of hydrogen-bond donors (Lipinski definition) is 2. The average molecular weight is 404 g/mol. The third-order valence-electron chi connectivity index (χ3n) is 5.56. The highest BCUT2D eigenvalue weighted by molar-refractivity contribution is 6.31. The zero-order chi connectivity index (χ0) is 19.6. The second-order valence-electron chi connectivity index (χ2n) is 7.28. The fourth-order valence-electron chi connectivity index (χ4n) is 4.16. The summed E-state index contributed by atoms with van der Waals surface area (Å²) in [6, 6.07) is 13.1. The van der Waals surface area contributed by atoms with Crippen LogP contribution in [-0.2, 0) is 4.79 Å². The molecule has 0 aromatic heterocycles. The van der Waals surface area contributed by atoms with Gasteiger partial charge in [-0.05, 0) is 5.56 Å². The first-order chi connectivity index (χ1) is 13.6. The first-order valence-electron chi connectivity index (χ1n) is 9.53.